The Hall–Kier alpha value is -1.96. The summed E-state index contributed by atoms with van der Waals surface area (Å²) < 4.78 is 49.7. The largest absolute Gasteiger partial charge is 0.416 e. The van der Waals surface area contributed by atoms with Gasteiger partial charge in [0.2, 0.25) is 0 Å². The summed E-state index contributed by atoms with van der Waals surface area (Å²) in [6, 6.07) is 9.72. The molecule has 0 aromatic heterocycles. The van der Waals surface area contributed by atoms with Gasteiger partial charge in [-0.25, -0.2) is 4.39 Å². The fourth-order valence-electron chi connectivity index (χ4n) is 3.67. The number of nitrogens with one attached hydrogen (secondary N) is 1. The number of likely N-dealkylation sites (tertiary alicyclic amines) is 1. The molecule has 8 heteroatoms. The Morgan fingerprint density at radius 1 is 1.19 bits per heavy atom. The summed E-state index contributed by atoms with van der Waals surface area (Å²) in [5.41, 5.74) is 0.291. The molecule has 32 heavy (non-hydrogen) atoms. The summed E-state index contributed by atoms with van der Waals surface area (Å²) in [5, 5.41) is 3.14. The minimum Gasteiger partial charge on any atom is -0.319 e. The number of alkyl halides is 3. The topological polar surface area (TPSA) is 32.3 Å². The second-order valence-corrected chi connectivity index (χ2v) is 8.68. The number of nitrogens with zero attached hydrogens (tertiary/aromatic N) is 1. The van der Waals surface area contributed by atoms with Crippen LogP contribution in [0.1, 0.15) is 47.7 Å². The molecule has 1 fully saturated rings. The van der Waals surface area contributed by atoms with Gasteiger partial charge in [0.25, 0.3) is 0 Å². The normalized spacial score (nSPS) is 15.5. The maximum absolute atomic E-state index is 12.9. The van der Waals surface area contributed by atoms with Crippen LogP contribution in [0.5, 0.6) is 0 Å². The van der Waals surface area contributed by atoms with Crippen molar-refractivity contribution in [3.8, 4) is 0 Å². The fourth-order valence-corrected chi connectivity index (χ4v) is 3.91. The van der Waals surface area contributed by atoms with Crippen LogP contribution in [0.15, 0.2) is 42.5 Å². The first-order valence-electron chi connectivity index (χ1n) is 10.5. The lowest BCUT2D eigenvalue weighted by molar-refractivity contribution is -0.137. The number of benzene rings is 2. The van der Waals surface area contributed by atoms with E-state index in [1.165, 1.54) is 31.6 Å². The third-order valence-corrected chi connectivity index (χ3v) is 5.58. The van der Waals surface area contributed by atoms with Gasteiger partial charge in [-0.05, 0) is 74.7 Å². The first kappa shape index (κ1) is 26.3. The zero-order valence-corrected chi connectivity index (χ0v) is 19.2. The van der Waals surface area contributed by atoms with Crippen LogP contribution in [0.3, 0.4) is 0 Å². The van der Waals surface area contributed by atoms with Crippen molar-refractivity contribution in [2.45, 2.75) is 32.4 Å². The summed E-state index contributed by atoms with van der Waals surface area (Å²) >= 11 is 5.45. The van der Waals surface area contributed by atoms with E-state index in [9.17, 15) is 22.4 Å². The molecular formula is C24H29ClF4N2O. The van der Waals surface area contributed by atoms with Crippen LogP contribution in [0, 0.1) is 11.7 Å². The van der Waals surface area contributed by atoms with Crippen LogP contribution >= 0.6 is 11.6 Å². The van der Waals surface area contributed by atoms with E-state index in [0.29, 0.717) is 5.92 Å². The van der Waals surface area contributed by atoms with E-state index in [0.717, 1.165) is 37.6 Å². The molecule has 1 heterocycles. The molecule has 1 aliphatic rings. The molecule has 176 valence electrons. The van der Waals surface area contributed by atoms with Gasteiger partial charge < -0.3 is 10.2 Å². The van der Waals surface area contributed by atoms with E-state index in [4.69, 9.17) is 11.6 Å². The number of hydrogen-bond acceptors (Lipinski definition) is 3. The monoisotopic (exact) mass is 472 g/mol. The highest BCUT2D eigenvalue weighted by molar-refractivity contribution is 6.31. The Morgan fingerprint density at radius 3 is 2.31 bits per heavy atom. The molecule has 0 saturated carbocycles. The van der Waals surface area contributed by atoms with E-state index in [1.807, 2.05) is 19.2 Å². The molecule has 3 nitrogen and oxygen atoms in total. The van der Waals surface area contributed by atoms with Crippen molar-refractivity contribution in [3.63, 3.8) is 0 Å². The van der Waals surface area contributed by atoms with E-state index in [2.05, 4.69) is 17.1 Å². The van der Waals surface area contributed by atoms with Crippen LogP contribution in [-0.4, -0.2) is 43.9 Å². The van der Waals surface area contributed by atoms with E-state index in [1.54, 1.807) is 12.1 Å². The highest BCUT2D eigenvalue weighted by Gasteiger charge is 2.31. The summed E-state index contributed by atoms with van der Waals surface area (Å²) in [7, 11) is 1.97. The summed E-state index contributed by atoms with van der Waals surface area (Å²) in [4.78, 5) is 13.3. The maximum atomic E-state index is 12.9. The van der Waals surface area contributed by atoms with Crippen molar-refractivity contribution in [3.05, 3.63) is 70.0 Å². The van der Waals surface area contributed by atoms with Gasteiger partial charge in [0, 0.05) is 30.2 Å². The molecule has 0 amide bonds. The predicted molar refractivity (Wildman–Crippen MR) is 120 cm³/mol. The van der Waals surface area contributed by atoms with E-state index in [-0.39, 0.29) is 16.4 Å². The van der Waals surface area contributed by atoms with Crippen LogP contribution in [0.25, 0.3) is 0 Å². The van der Waals surface area contributed by atoms with Crippen LogP contribution < -0.4 is 5.32 Å². The smallest absolute Gasteiger partial charge is 0.319 e. The van der Waals surface area contributed by atoms with Crippen LogP contribution in [0.4, 0.5) is 17.6 Å². The number of Topliss-reactive ketones (excluding diaryl/α,β-unsaturated/α-hetero) is 1. The Bertz CT molecular complexity index is 881. The molecule has 0 aliphatic carbocycles. The molecule has 1 N–H and O–H groups in total. The molecule has 1 atom stereocenters. The van der Waals surface area contributed by atoms with Gasteiger partial charge in [0.1, 0.15) is 5.82 Å². The van der Waals surface area contributed by atoms with Crippen molar-refractivity contribution in [2.75, 3.05) is 33.2 Å². The number of carbonyl (C=O) groups excluding carboxylic acids is 1. The zero-order chi connectivity index (χ0) is 23.9. The van der Waals surface area contributed by atoms with Gasteiger partial charge in [-0.2, -0.15) is 13.2 Å². The molecule has 1 unspecified atom stereocenters. The lowest BCUT2D eigenvalue weighted by Gasteiger charge is -2.38. The van der Waals surface area contributed by atoms with Gasteiger partial charge >= 0.3 is 6.18 Å². The second-order valence-electron chi connectivity index (χ2n) is 8.24. The summed E-state index contributed by atoms with van der Waals surface area (Å²) in [5.74, 6) is 0.738. The quantitative estimate of drug-likeness (QED) is 0.394. The number of rotatable bonds is 7. The minimum atomic E-state index is -4.48. The zero-order valence-electron chi connectivity index (χ0n) is 18.5. The molecule has 0 bridgehead atoms. The van der Waals surface area contributed by atoms with Crippen molar-refractivity contribution < 1.29 is 22.4 Å². The average Bonchev–Trinajstić information content (AvgIpc) is 2.69. The van der Waals surface area contributed by atoms with Crippen LogP contribution in [-0.2, 0) is 6.18 Å². The van der Waals surface area contributed by atoms with Gasteiger partial charge in [-0.3, -0.25) is 4.79 Å². The lowest BCUT2D eigenvalue weighted by Crippen LogP contribution is -2.45. The number of ketones is 1. The van der Waals surface area contributed by atoms with Crippen molar-refractivity contribution in [1.29, 1.82) is 0 Å². The molecular weight excluding hydrogens is 444 g/mol. The molecule has 1 aliphatic heterocycles. The SMILES string of the molecule is CC(=O)c1cc(Cl)cc(C(F)(F)F)c1.CNCC(CCN1CC(C)C1)c1ccc(F)cc1. The Morgan fingerprint density at radius 2 is 1.81 bits per heavy atom. The average molecular weight is 473 g/mol. The standard InChI is InChI=1S/C15H23FN2.C9H6ClF3O/c1-12-10-18(11-12)8-7-14(9-17-2)13-3-5-15(16)6-4-13;1-5(14)6-2-7(9(11,12)13)4-8(10)3-6/h3-6,12,14,17H,7-11H2,1-2H3;2-4H,1H3. The van der Waals surface area contributed by atoms with Gasteiger partial charge in [0.05, 0.1) is 5.56 Å². The molecule has 3 rings (SSSR count). The molecule has 1 saturated heterocycles. The number of likely N-dealkylation sites (N-methyl/N-ethyl adjacent to an activating group) is 1. The van der Waals surface area contributed by atoms with Crippen LogP contribution in [0.2, 0.25) is 5.02 Å². The predicted octanol–water partition coefficient (Wildman–Crippen LogP) is 6.03. The van der Waals surface area contributed by atoms with E-state index < -0.39 is 17.5 Å². The van der Waals surface area contributed by atoms with Crippen molar-refractivity contribution >= 4 is 17.4 Å². The highest BCUT2D eigenvalue weighted by atomic mass is 35.5. The number of hydrogen-bond donors (Lipinski definition) is 1. The number of halogens is 5. The second kappa shape index (κ2) is 11.8. The van der Waals surface area contributed by atoms with E-state index >= 15 is 0 Å². The summed E-state index contributed by atoms with van der Waals surface area (Å²) in [6.45, 7) is 8.04. The lowest BCUT2D eigenvalue weighted by atomic mass is 9.94. The molecule has 2 aromatic carbocycles. The number of carbonyl (C=O) groups is 1. The first-order chi connectivity index (χ1) is 15.0. The third-order valence-electron chi connectivity index (χ3n) is 5.36. The van der Waals surface area contributed by atoms with Gasteiger partial charge in [0.15, 0.2) is 5.78 Å². The maximum Gasteiger partial charge on any atom is 0.416 e. The van der Waals surface area contributed by atoms with Gasteiger partial charge in [-0.15, -0.1) is 0 Å². The van der Waals surface area contributed by atoms with Crippen molar-refractivity contribution in [1.82, 2.24) is 10.2 Å². The third kappa shape index (κ3) is 8.19. The Kier molecular flexibility index (Phi) is 9.67. The first-order valence-corrected chi connectivity index (χ1v) is 10.9. The van der Waals surface area contributed by atoms with Gasteiger partial charge in [-0.1, -0.05) is 30.7 Å². The highest BCUT2D eigenvalue weighted by Crippen LogP contribution is 2.32. The minimum absolute atomic E-state index is 0.0372. The van der Waals surface area contributed by atoms with Crippen molar-refractivity contribution in [2.24, 2.45) is 5.92 Å². The molecule has 2 aromatic rings. The molecule has 0 radical (unpaired) electrons. The summed E-state index contributed by atoms with van der Waals surface area (Å²) in [6.07, 6.45) is -3.34. The molecule has 0 spiro atoms. The Labute approximate surface area is 191 Å². The fraction of sp³-hybridized carbons (Fsp3) is 0.458. The Balaban J connectivity index is 0.000000235.